The summed E-state index contributed by atoms with van der Waals surface area (Å²) in [5.41, 5.74) is 7.48. The molecule has 19 heteroatoms. The molecule has 0 unspecified atom stereocenters. The molecule has 0 saturated heterocycles. The molecular formula is C38H24Cl2F4N12O. The van der Waals surface area contributed by atoms with Gasteiger partial charge in [0.05, 0.1) is 36.2 Å². The van der Waals surface area contributed by atoms with Crippen LogP contribution in [0.3, 0.4) is 0 Å². The third-order valence-electron chi connectivity index (χ3n) is 7.55. The lowest BCUT2D eigenvalue weighted by Gasteiger charge is -2.10. The summed E-state index contributed by atoms with van der Waals surface area (Å²) in [6, 6.07) is 24.8. The highest BCUT2D eigenvalue weighted by molar-refractivity contribution is 6.29. The molecule has 1 aromatic carbocycles. The minimum atomic E-state index is -0.575. The lowest BCUT2D eigenvalue weighted by atomic mass is 10.3. The number of fused-ring (bicyclic) bond motifs is 2. The topological polar surface area (TPSA) is 159 Å². The normalized spacial score (nSPS) is 10.7. The molecule has 9 aromatic rings. The Kier molecular flexibility index (Phi) is 11.4. The van der Waals surface area contributed by atoms with Gasteiger partial charge < -0.3 is 15.8 Å². The molecule has 8 aromatic heterocycles. The van der Waals surface area contributed by atoms with Crippen LogP contribution in [0.15, 0.2) is 128 Å². The third kappa shape index (κ3) is 9.35. The van der Waals surface area contributed by atoms with E-state index in [0.29, 0.717) is 40.2 Å². The molecule has 0 aliphatic heterocycles. The summed E-state index contributed by atoms with van der Waals surface area (Å²) >= 11 is 11.2. The van der Waals surface area contributed by atoms with Gasteiger partial charge in [-0.2, -0.15) is 4.98 Å². The number of hydrogen-bond acceptors (Lipinski definition) is 11. The number of ether oxygens (including phenoxy) is 1. The molecule has 0 amide bonds. The van der Waals surface area contributed by atoms with Crippen LogP contribution in [0.2, 0.25) is 10.3 Å². The maximum absolute atomic E-state index is 14.0. The maximum atomic E-state index is 14.0. The van der Waals surface area contributed by atoms with Crippen LogP contribution in [0.4, 0.5) is 34.8 Å². The average molecular weight is 812 g/mol. The van der Waals surface area contributed by atoms with E-state index in [9.17, 15) is 17.6 Å². The lowest BCUT2D eigenvalue weighted by Crippen LogP contribution is -2.05. The molecular weight excluding hydrogens is 787 g/mol. The Labute approximate surface area is 329 Å². The highest BCUT2D eigenvalue weighted by Gasteiger charge is 2.15. The predicted molar refractivity (Wildman–Crippen MR) is 205 cm³/mol. The van der Waals surface area contributed by atoms with Crippen LogP contribution in [0.5, 0.6) is 11.6 Å². The van der Waals surface area contributed by atoms with Gasteiger partial charge in [0, 0.05) is 24.5 Å². The van der Waals surface area contributed by atoms with Crippen molar-refractivity contribution < 1.29 is 22.3 Å². The summed E-state index contributed by atoms with van der Waals surface area (Å²) in [5, 5.41) is 11.9. The number of hydrogen-bond donors (Lipinski definition) is 2. The molecule has 0 radical (unpaired) electrons. The highest BCUT2D eigenvalue weighted by atomic mass is 35.5. The first-order valence-electron chi connectivity index (χ1n) is 16.4. The van der Waals surface area contributed by atoms with Crippen molar-refractivity contribution in [3.05, 3.63) is 162 Å². The zero-order valence-corrected chi connectivity index (χ0v) is 30.4. The molecule has 0 saturated carbocycles. The smallest absolute Gasteiger partial charge is 0.247 e. The molecule has 0 spiro atoms. The summed E-state index contributed by atoms with van der Waals surface area (Å²) in [6.45, 7) is 0. The first kappa shape index (κ1) is 38.1. The molecule has 57 heavy (non-hydrogen) atoms. The number of nitrogens with one attached hydrogen (secondary N) is 1. The summed E-state index contributed by atoms with van der Waals surface area (Å²) in [5.74, 6) is 0.0705. The number of nitrogen functional groups attached to an aromatic ring is 1. The van der Waals surface area contributed by atoms with E-state index >= 15 is 0 Å². The number of para-hydroxylation sites is 1. The molecule has 0 aliphatic carbocycles. The molecule has 284 valence electrons. The minimum absolute atomic E-state index is 0.0231. The number of halogens is 6. The molecule has 9 rings (SSSR count). The fraction of sp³-hybridized carbons (Fsp3) is 0. The SMILES string of the molecule is Fc1ccc(-c2nc(Nc3cc(Cl)ncc3F)c3cccn3n2)nc1.Fc1ccc(-c2nc(Oc3ccccc3)c3cccn3n2)nc1.Nc1cc(Cl)ncc1F. The largest absolute Gasteiger partial charge is 0.437 e. The van der Waals surface area contributed by atoms with Gasteiger partial charge in [0.25, 0.3) is 0 Å². The predicted octanol–water partition coefficient (Wildman–Crippen LogP) is 9.04. The van der Waals surface area contributed by atoms with Gasteiger partial charge in [-0.1, -0.05) is 41.4 Å². The second-order valence-corrected chi connectivity index (χ2v) is 12.3. The van der Waals surface area contributed by atoms with Crippen LogP contribution < -0.4 is 15.8 Å². The number of nitrogens with two attached hydrogens (primary N) is 1. The quantitative estimate of drug-likeness (QED) is 0.122. The average Bonchev–Trinajstić information content (AvgIpc) is 3.90. The van der Waals surface area contributed by atoms with Crippen LogP contribution in [-0.2, 0) is 0 Å². The fourth-order valence-corrected chi connectivity index (χ4v) is 5.23. The minimum Gasteiger partial charge on any atom is -0.437 e. The van der Waals surface area contributed by atoms with Crippen molar-refractivity contribution in [2.45, 2.75) is 0 Å². The van der Waals surface area contributed by atoms with E-state index in [1.165, 1.54) is 36.4 Å². The maximum Gasteiger partial charge on any atom is 0.247 e. The Morgan fingerprint density at radius 1 is 0.596 bits per heavy atom. The van der Waals surface area contributed by atoms with Crippen LogP contribution in [0.25, 0.3) is 34.1 Å². The van der Waals surface area contributed by atoms with Crippen molar-refractivity contribution in [3.63, 3.8) is 0 Å². The van der Waals surface area contributed by atoms with Gasteiger partial charge in [-0.05, 0) is 60.7 Å². The number of aromatic nitrogens is 10. The molecule has 0 bridgehead atoms. The number of nitrogens with zero attached hydrogens (tertiary/aromatic N) is 10. The molecule has 8 heterocycles. The van der Waals surface area contributed by atoms with Gasteiger partial charge in [0.1, 0.15) is 50.1 Å². The molecule has 0 fully saturated rings. The van der Waals surface area contributed by atoms with E-state index in [-0.39, 0.29) is 27.5 Å². The lowest BCUT2D eigenvalue weighted by molar-refractivity contribution is 0.464. The second kappa shape index (κ2) is 17.1. The van der Waals surface area contributed by atoms with Gasteiger partial charge in [0.15, 0.2) is 17.5 Å². The summed E-state index contributed by atoms with van der Waals surface area (Å²) in [7, 11) is 0. The number of rotatable bonds is 6. The van der Waals surface area contributed by atoms with Crippen molar-refractivity contribution in [3.8, 4) is 34.7 Å². The van der Waals surface area contributed by atoms with E-state index in [4.69, 9.17) is 33.7 Å². The molecule has 0 aliphatic rings. The van der Waals surface area contributed by atoms with E-state index in [1.54, 1.807) is 33.6 Å². The van der Waals surface area contributed by atoms with Crippen molar-refractivity contribution in [1.82, 2.24) is 49.1 Å². The Balaban J connectivity index is 0.000000144. The Morgan fingerprint density at radius 3 is 1.77 bits per heavy atom. The van der Waals surface area contributed by atoms with Crippen molar-refractivity contribution in [2.24, 2.45) is 0 Å². The van der Waals surface area contributed by atoms with Crippen molar-refractivity contribution in [1.29, 1.82) is 0 Å². The third-order valence-corrected chi connectivity index (χ3v) is 7.96. The summed E-state index contributed by atoms with van der Waals surface area (Å²) in [4.78, 5) is 23.9. The summed E-state index contributed by atoms with van der Waals surface area (Å²) in [6.07, 6.45) is 7.72. The highest BCUT2D eigenvalue weighted by Crippen LogP contribution is 2.28. The van der Waals surface area contributed by atoms with E-state index in [1.807, 2.05) is 42.5 Å². The van der Waals surface area contributed by atoms with Crippen molar-refractivity contribution in [2.75, 3.05) is 11.1 Å². The zero-order valence-electron chi connectivity index (χ0n) is 28.8. The first-order valence-corrected chi connectivity index (χ1v) is 17.2. The first-order chi connectivity index (χ1) is 27.6. The van der Waals surface area contributed by atoms with Crippen LogP contribution in [-0.4, -0.2) is 49.1 Å². The summed E-state index contributed by atoms with van der Waals surface area (Å²) < 4.78 is 61.4. The van der Waals surface area contributed by atoms with E-state index in [0.717, 1.165) is 30.3 Å². The standard InChI is InChI=1S/C17H11FN4O.C16H9ClF2N6.C5H4ClFN2/c18-12-8-9-14(19-11-12)16-20-17(15-7-4-10-22(15)21-16)23-13-5-2-1-3-6-13;17-14-6-12(10(19)8-21-14)22-16-13-2-1-5-25(13)24-15(23-16)11-4-3-9(18)7-20-11;6-5-1-4(8)3(7)2-9-5/h1-11H;1-8H,(H,21,22,23,24);1-2H,(H2,8,9). The Hall–Kier alpha value is -7.24. The van der Waals surface area contributed by atoms with Crippen LogP contribution >= 0.6 is 23.2 Å². The van der Waals surface area contributed by atoms with Gasteiger partial charge in [-0.3, -0.25) is 0 Å². The zero-order chi connectivity index (χ0) is 39.9. The number of pyridine rings is 4. The fourth-order valence-electron chi connectivity index (χ4n) is 4.91. The number of anilines is 3. The van der Waals surface area contributed by atoms with Gasteiger partial charge in [0.2, 0.25) is 17.5 Å². The monoisotopic (exact) mass is 810 g/mol. The van der Waals surface area contributed by atoms with E-state index in [2.05, 4.69) is 45.4 Å². The molecule has 0 atom stereocenters. The van der Waals surface area contributed by atoms with Gasteiger partial charge in [-0.15, -0.1) is 10.2 Å². The van der Waals surface area contributed by atoms with Gasteiger partial charge in [-0.25, -0.2) is 51.5 Å². The van der Waals surface area contributed by atoms with Crippen LogP contribution in [0.1, 0.15) is 0 Å². The Bertz CT molecular complexity index is 2790. The van der Waals surface area contributed by atoms with Crippen LogP contribution in [0, 0.1) is 23.3 Å². The van der Waals surface area contributed by atoms with Crippen molar-refractivity contribution >= 4 is 51.4 Å². The van der Waals surface area contributed by atoms with Gasteiger partial charge >= 0.3 is 0 Å². The second-order valence-electron chi connectivity index (χ2n) is 11.5. The molecule has 3 N–H and O–H groups in total. The molecule has 13 nitrogen and oxygen atoms in total. The number of benzene rings is 1. The Morgan fingerprint density at radius 2 is 1.18 bits per heavy atom. The van der Waals surface area contributed by atoms with E-state index < -0.39 is 23.3 Å².